The molecule has 0 atom stereocenters. The van der Waals surface area contributed by atoms with E-state index >= 15 is 0 Å². The highest BCUT2D eigenvalue weighted by molar-refractivity contribution is 5.94. The van der Waals surface area contributed by atoms with Crippen molar-refractivity contribution in [2.24, 2.45) is 0 Å². The molecule has 8 nitrogen and oxygen atoms in total. The van der Waals surface area contributed by atoms with Gasteiger partial charge in [0.05, 0.1) is 0 Å². The van der Waals surface area contributed by atoms with E-state index in [0.717, 1.165) is 16.9 Å². The van der Waals surface area contributed by atoms with Crippen molar-refractivity contribution < 1.29 is 14.3 Å². The van der Waals surface area contributed by atoms with Gasteiger partial charge < -0.3 is 9.64 Å². The lowest BCUT2D eigenvalue weighted by Crippen LogP contribution is -2.25. The molecule has 0 unspecified atom stereocenters. The van der Waals surface area contributed by atoms with Crippen molar-refractivity contribution in [1.29, 1.82) is 0 Å². The normalized spacial score (nSPS) is 16.8. The van der Waals surface area contributed by atoms with Crippen molar-refractivity contribution in [2.45, 2.75) is 25.8 Å². The number of rotatable bonds is 5. The number of esters is 1. The molecule has 1 aromatic carbocycles. The minimum absolute atomic E-state index is 0.131. The Bertz CT molecular complexity index is 827. The highest BCUT2D eigenvalue weighted by atomic mass is 16.5. The highest BCUT2D eigenvalue weighted by Crippen LogP contribution is 2.46. The first-order valence-electron chi connectivity index (χ1n) is 7.84. The van der Waals surface area contributed by atoms with E-state index < -0.39 is 5.97 Å². The van der Waals surface area contributed by atoms with E-state index in [1.165, 1.54) is 11.0 Å². The molecule has 1 aliphatic rings. The second kappa shape index (κ2) is 6.46. The molecular formula is C17H19N5O3. The number of hydrogen-bond acceptors (Lipinski definition) is 7. The van der Waals surface area contributed by atoms with E-state index in [9.17, 15) is 9.59 Å². The van der Waals surface area contributed by atoms with E-state index in [2.05, 4.69) is 35.4 Å². The smallest absolute Gasteiger partial charge is 0.328 e. The Balaban J connectivity index is 1.66. The largest absolute Gasteiger partial charge is 0.456 e. The van der Waals surface area contributed by atoms with Crippen LogP contribution in [0.3, 0.4) is 0 Å². The van der Waals surface area contributed by atoms with Gasteiger partial charge in [-0.15, -0.1) is 5.10 Å². The summed E-state index contributed by atoms with van der Waals surface area (Å²) in [4.78, 5) is 26.0. The number of nitrogens with zero attached hydrogens (tertiary/aromatic N) is 5. The van der Waals surface area contributed by atoms with Crippen LogP contribution in [0, 0.1) is 0 Å². The molecule has 2 heterocycles. The van der Waals surface area contributed by atoms with Crippen LogP contribution < -0.4 is 4.90 Å². The van der Waals surface area contributed by atoms with Crippen LogP contribution in [0.4, 0.5) is 5.69 Å². The molecule has 3 rings (SSSR count). The molecule has 0 saturated heterocycles. The highest BCUT2D eigenvalue weighted by Gasteiger charge is 2.38. The minimum atomic E-state index is -0.568. The fourth-order valence-corrected chi connectivity index (χ4v) is 3.04. The van der Waals surface area contributed by atoms with Gasteiger partial charge in [-0.2, -0.15) is 0 Å². The van der Waals surface area contributed by atoms with E-state index in [1.54, 1.807) is 6.08 Å². The second-order valence-electron chi connectivity index (χ2n) is 6.37. The Morgan fingerprint density at radius 2 is 2.04 bits per heavy atom. The summed E-state index contributed by atoms with van der Waals surface area (Å²) in [5, 5.41) is 10.4. The maximum Gasteiger partial charge on any atom is 0.328 e. The molecule has 0 bridgehead atoms. The van der Waals surface area contributed by atoms with Crippen LogP contribution in [-0.2, 0) is 26.3 Å². The first kappa shape index (κ1) is 16.8. The molecular weight excluding hydrogens is 322 g/mol. The quantitative estimate of drug-likeness (QED) is 0.594. The van der Waals surface area contributed by atoms with Gasteiger partial charge in [-0.25, -0.2) is 4.68 Å². The number of aromatic nitrogens is 4. The molecule has 1 aliphatic heterocycles. The van der Waals surface area contributed by atoms with Crippen molar-refractivity contribution >= 4 is 17.4 Å². The van der Waals surface area contributed by atoms with Gasteiger partial charge >= 0.3 is 5.97 Å². The molecule has 0 amide bonds. The summed E-state index contributed by atoms with van der Waals surface area (Å²) in [7, 11) is 1.93. The molecule has 0 radical (unpaired) electrons. The third-order valence-electron chi connectivity index (χ3n) is 4.30. The molecule has 0 aliphatic carbocycles. The van der Waals surface area contributed by atoms with Gasteiger partial charge in [0.1, 0.15) is 12.9 Å². The average Bonchev–Trinajstić information content (AvgIpc) is 3.15. The van der Waals surface area contributed by atoms with E-state index in [0.29, 0.717) is 0 Å². The molecule has 0 N–H and O–H groups in total. The van der Waals surface area contributed by atoms with Crippen molar-refractivity contribution in [2.75, 3.05) is 18.6 Å². The Morgan fingerprint density at radius 3 is 2.72 bits per heavy atom. The van der Waals surface area contributed by atoms with Gasteiger partial charge in [-0.3, -0.25) is 9.59 Å². The van der Waals surface area contributed by atoms with Crippen molar-refractivity contribution in [3.05, 3.63) is 47.9 Å². The van der Waals surface area contributed by atoms with E-state index in [4.69, 9.17) is 4.74 Å². The van der Waals surface area contributed by atoms with Gasteiger partial charge in [0, 0.05) is 29.9 Å². The number of para-hydroxylation sites is 1. The number of benzene rings is 1. The summed E-state index contributed by atoms with van der Waals surface area (Å²) in [6.07, 6.45) is 2.85. The van der Waals surface area contributed by atoms with Crippen LogP contribution >= 0.6 is 0 Å². The first-order chi connectivity index (χ1) is 11.9. The average molecular weight is 341 g/mol. The number of anilines is 1. The number of likely N-dealkylation sites (N-methyl/N-ethyl adjacent to an activating group) is 1. The molecule has 0 spiro atoms. The van der Waals surface area contributed by atoms with Gasteiger partial charge in [-0.1, -0.05) is 32.0 Å². The van der Waals surface area contributed by atoms with Crippen molar-refractivity contribution in [3.8, 4) is 0 Å². The van der Waals surface area contributed by atoms with Crippen LogP contribution in [0.25, 0.3) is 0 Å². The molecule has 2 aromatic rings. The molecule has 25 heavy (non-hydrogen) atoms. The fraction of sp³-hybridized carbons (Fsp3) is 0.353. The van der Waals surface area contributed by atoms with Gasteiger partial charge in [0.15, 0.2) is 12.4 Å². The molecule has 0 fully saturated rings. The lowest BCUT2D eigenvalue weighted by atomic mass is 9.83. The third kappa shape index (κ3) is 3.28. The van der Waals surface area contributed by atoms with Crippen LogP contribution in [0.5, 0.6) is 0 Å². The van der Waals surface area contributed by atoms with Crippen molar-refractivity contribution in [1.82, 2.24) is 20.2 Å². The summed E-state index contributed by atoms with van der Waals surface area (Å²) < 4.78 is 6.23. The predicted molar refractivity (Wildman–Crippen MR) is 89.7 cm³/mol. The number of tetrazole rings is 1. The van der Waals surface area contributed by atoms with Gasteiger partial charge in [0.2, 0.25) is 0 Å². The number of carbonyl (C=O) groups is 2. The number of allylic oxidation sites excluding steroid dienone is 1. The minimum Gasteiger partial charge on any atom is -0.456 e. The van der Waals surface area contributed by atoms with Crippen LogP contribution in [-0.4, -0.2) is 45.6 Å². The van der Waals surface area contributed by atoms with E-state index in [-0.39, 0.29) is 24.3 Å². The Morgan fingerprint density at radius 1 is 1.28 bits per heavy atom. The zero-order valence-corrected chi connectivity index (χ0v) is 14.3. The Hall–Kier alpha value is -3.03. The SMILES string of the molecule is CN1C(=CC(=O)COC(=O)Cn2cnnn2)C(C)(C)c2ccccc21. The maximum atomic E-state index is 12.3. The number of ether oxygens (including phenoxy) is 1. The molecule has 0 saturated carbocycles. The molecule has 130 valence electrons. The fourth-order valence-electron chi connectivity index (χ4n) is 3.04. The molecule has 8 heteroatoms. The van der Waals surface area contributed by atoms with Crippen molar-refractivity contribution in [3.63, 3.8) is 0 Å². The predicted octanol–water partition coefficient (Wildman–Crippen LogP) is 1.10. The van der Waals surface area contributed by atoms with Crippen LogP contribution in [0.1, 0.15) is 19.4 Å². The lowest BCUT2D eigenvalue weighted by molar-refractivity contribution is -0.147. The third-order valence-corrected chi connectivity index (χ3v) is 4.30. The standard InChI is InChI=1S/C17H19N5O3/c1-17(2)13-6-4-5-7-14(13)21(3)15(17)8-12(23)10-25-16(24)9-22-11-18-19-20-22/h4-8,11H,9-10H2,1-3H3. The van der Waals surface area contributed by atoms with Crippen LogP contribution in [0.2, 0.25) is 0 Å². The maximum absolute atomic E-state index is 12.3. The summed E-state index contributed by atoms with van der Waals surface area (Å²) in [5.74, 6) is -0.839. The number of fused-ring (bicyclic) bond motifs is 1. The second-order valence-corrected chi connectivity index (χ2v) is 6.37. The van der Waals surface area contributed by atoms with Crippen LogP contribution in [0.15, 0.2) is 42.4 Å². The van der Waals surface area contributed by atoms with Gasteiger partial charge in [-0.05, 0) is 22.1 Å². The first-order valence-corrected chi connectivity index (χ1v) is 7.84. The molecule has 1 aromatic heterocycles. The topological polar surface area (TPSA) is 90.2 Å². The number of hydrogen-bond donors (Lipinski definition) is 0. The lowest BCUT2D eigenvalue weighted by Gasteiger charge is -2.23. The zero-order chi connectivity index (χ0) is 18.0. The number of ketones is 1. The summed E-state index contributed by atoms with van der Waals surface area (Å²) in [6, 6.07) is 8.04. The Labute approximate surface area is 145 Å². The summed E-state index contributed by atoms with van der Waals surface area (Å²) in [6.45, 7) is 3.69. The summed E-state index contributed by atoms with van der Waals surface area (Å²) >= 11 is 0. The Kier molecular flexibility index (Phi) is 4.35. The summed E-state index contributed by atoms with van der Waals surface area (Å²) in [5.41, 5.74) is 2.81. The number of carbonyl (C=O) groups excluding carboxylic acids is 2. The van der Waals surface area contributed by atoms with E-state index in [1.807, 2.05) is 30.1 Å². The van der Waals surface area contributed by atoms with Gasteiger partial charge in [0.25, 0.3) is 0 Å². The monoisotopic (exact) mass is 341 g/mol. The zero-order valence-electron chi connectivity index (χ0n) is 14.3.